The molecule has 0 atom stereocenters. The van der Waals surface area contributed by atoms with Crippen LogP contribution in [-0.4, -0.2) is 13.4 Å². The van der Waals surface area contributed by atoms with E-state index in [-0.39, 0.29) is 0 Å². The van der Waals surface area contributed by atoms with E-state index < -0.39 is 0 Å². The van der Waals surface area contributed by atoms with Gasteiger partial charge in [0.05, 0.1) is 12.1 Å². The summed E-state index contributed by atoms with van der Waals surface area (Å²) >= 11 is 6.07. The third kappa shape index (κ3) is 2.64. The van der Waals surface area contributed by atoms with E-state index in [4.69, 9.17) is 16.3 Å². The highest BCUT2D eigenvalue weighted by Gasteiger charge is 2.08. The van der Waals surface area contributed by atoms with Crippen LogP contribution in [0.25, 0.3) is 11.1 Å². The van der Waals surface area contributed by atoms with Gasteiger partial charge < -0.3 is 4.74 Å². The summed E-state index contributed by atoms with van der Waals surface area (Å²) in [5, 5.41) is 0.473. The first kappa shape index (κ1) is 13.6. The molecule has 0 aliphatic rings. The van der Waals surface area contributed by atoms with E-state index in [9.17, 15) is 4.79 Å². The van der Waals surface area contributed by atoms with Crippen molar-refractivity contribution in [3.05, 3.63) is 52.0 Å². The average molecular weight is 275 g/mol. The molecule has 0 bridgehead atoms. The van der Waals surface area contributed by atoms with Gasteiger partial charge in [-0.05, 0) is 60.4 Å². The second-order valence-electron chi connectivity index (χ2n) is 4.49. The Balaban J connectivity index is 2.56. The summed E-state index contributed by atoms with van der Waals surface area (Å²) in [4.78, 5) is 10.8. The molecule has 3 heteroatoms. The highest BCUT2D eigenvalue weighted by atomic mass is 35.5. The first-order valence-corrected chi connectivity index (χ1v) is 6.35. The Labute approximate surface area is 118 Å². The maximum Gasteiger partial charge on any atom is 0.151 e. The molecule has 0 heterocycles. The molecule has 2 aromatic carbocycles. The summed E-state index contributed by atoms with van der Waals surface area (Å²) in [6, 6.07) is 9.54. The number of aldehydes is 1. The molecule has 2 nitrogen and oxygen atoms in total. The van der Waals surface area contributed by atoms with Crippen LogP contribution in [-0.2, 0) is 0 Å². The van der Waals surface area contributed by atoms with Crippen molar-refractivity contribution in [1.29, 1.82) is 0 Å². The molecule has 0 amide bonds. The van der Waals surface area contributed by atoms with Crippen LogP contribution in [0.15, 0.2) is 30.3 Å². The van der Waals surface area contributed by atoms with E-state index in [2.05, 4.69) is 6.07 Å². The molecule has 0 N–H and O–H groups in total. The highest BCUT2D eigenvalue weighted by Crippen LogP contribution is 2.32. The fourth-order valence-corrected chi connectivity index (χ4v) is 2.34. The van der Waals surface area contributed by atoms with Crippen LogP contribution >= 0.6 is 11.6 Å². The van der Waals surface area contributed by atoms with Gasteiger partial charge in [-0.3, -0.25) is 4.79 Å². The van der Waals surface area contributed by atoms with Crippen LogP contribution in [0.1, 0.15) is 21.5 Å². The number of halogens is 1. The predicted molar refractivity (Wildman–Crippen MR) is 78.3 cm³/mol. The molecule has 0 saturated heterocycles. The normalized spacial score (nSPS) is 10.3. The lowest BCUT2D eigenvalue weighted by molar-refractivity contribution is 0.112. The quantitative estimate of drug-likeness (QED) is 0.773. The van der Waals surface area contributed by atoms with Crippen molar-refractivity contribution in [2.75, 3.05) is 7.11 Å². The third-order valence-electron chi connectivity index (χ3n) is 3.18. The molecule has 0 saturated carbocycles. The summed E-state index contributed by atoms with van der Waals surface area (Å²) in [5.41, 5.74) is 4.78. The average Bonchev–Trinajstić information content (AvgIpc) is 2.40. The SMILES string of the molecule is COc1cc(C)c(-c2ccc(C=O)c(Cl)c2)cc1C. The molecule has 2 aromatic rings. The Morgan fingerprint density at radius 1 is 1.11 bits per heavy atom. The molecule has 0 aliphatic carbocycles. The van der Waals surface area contributed by atoms with Crippen molar-refractivity contribution >= 4 is 17.9 Å². The summed E-state index contributed by atoms with van der Waals surface area (Å²) in [6.07, 6.45) is 0.762. The molecule has 98 valence electrons. The summed E-state index contributed by atoms with van der Waals surface area (Å²) in [5.74, 6) is 0.872. The van der Waals surface area contributed by atoms with Gasteiger partial charge in [-0.25, -0.2) is 0 Å². The van der Waals surface area contributed by atoms with Crippen LogP contribution in [0.5, 0.6) is 5.75 Å². The van der Waals surface area contributed by atoms with Crippen molar-refractivity contribution in [3.63, 3.8) is 0 Å². The van der Waals surface area contributed by atoms with E-state index in [1.54, 1.807) is 13.2 Å². The molecule has 0 unspecified atom stereocenters. The zero-order valence-corrected chi connectivity index (χ0v) is 11.9. The van der Waals surface area contributed by atoms with Gasteiger partial charge in [0.25, 0.3) is 0 Å². The van der Waals surface area contributed by atoms with Crippen molar-refractivity contribution in [3.8, 4) is 16.9 Å². The smallest absolute Gasteiger partial charge is 0.151 e. The summed E-state index contributed by atoms with van der Waals surface area (Å²) < 4.78 is 5.30. The minimum Gasteiger partial charge on any atom is -0.496 e. The van der Waals surface area contributed by atoms with Crippen molar-refractivity contribution in [2.45, 2.75) is 13.8 Å². The van der Waals surface area contributed by atoms with Gasteiger partial charge in [0.1, 0.15) is 5.75 Å². The fraction of sp³-hybridized carbons (Fsp3) is 0.188. The molecular formula is C16H15ClO2. The molecule has 0 aromatic heterocycles. The summed E-state index contributed by atoms with van der Waals surface area (Å²) in [7, 11) is 1.66. The molecule has 0 spiro atoms. The van der Waals surface area contributed by atoms with Crippen LogP contribution in [0.3, 0.4) is 0 Å². The zero-order chi connectivity index (χ0) is 14.0. The second kappa shape index (κ2) is 5.45. The fourth-order valence-electron chi connectivity index (χ4n) is 2.11. The van der Waals surface area contributed by atoms with E-state index in [1.807, 2.05) is 32.0 Å². The van der Waals surface area contributed by atoms with Gasteiger partial charge in [-0.2, -0.15) is 0 Å². The monoisotopic (exact) mass is 274 g/mol. The molecular weight excluding hydrogens is 260 g/mol. The van der Waals surface area contributed by atoms with Gasteiger partial charge in [0.15, 0.2) is 6.29 Å². The molecule has 0 fully saturated rings. The topological polar surface area (TPSA) is 26.3 Å². The molecule has 19 heavy (non-hydrogen) atoms. The number of benzene rings is 2. The van der Waals surface area contributed by atoms with Gasteiger partial charge in [0, 0.05) is 5.56 Å². The number of carbonyl (C=O) groups is 1. The van der Waals surface area contributed by atoms with E-state index in [1.165, 1.54) is 0 Å². The Kier molecular flexibility index (Phi) is 3.91. The predicted octanol–water partition coefficient (Wildman–Crippen LogP) is 4.44. The Morgan fingerprint density at radius 2 is 1.84 bits per heavy atom. The van der Waals surface area contributed by atoms with Crippen LogP contribution in [0, 0.1) is 13.8 Å². The van der Waals surface area contributed by atoms with E-state index >= 15 is 0 Å². The lowest BCUT2D eigenvalue weighted by atomic mass is 9.97. The number of hydrogen-bond acceptors (Lipinski definition) is 2. The van der Waals surface area contributed by atoms with Gasteiger partial charge >= 0.3 is 0 Å². The number of methoxy groups -OCH3 is 1. The lowest BCUT2D eigenvalue weighted by Crippen LogP contribution is -1.92. The standard InChI is InChI=1S/C16H15ClO2/c1-10-7-16(19-3)11(2)6-14(10)12-4-5-13(9-18)15(17)8-12/h4-9H,1-3H3. The number of rotatable bonds is 3. The minimum atomic E-state index is 0.473. The minimum absolute atomic E-state index is 0.473. The Morgan fingerprint density at radius 3 is 2.42 bits per heavy atom. The molecule has 0 aliphatic heterocycles. The Hall–Kier alpha value is -1.80. The van der Waals surface area contributed by atoms with E-state index in [0.717, 1.165) is 34.3 Å². The largest absolute Gasteiger partial charge is 0.496 e. The lowest BCUT2D eigenvalue weighted by Gasteiger charge is -2.12. The van der Waals surface area contributed by atoms with Gasteiger partial charge in [0.2, 0.25) is 0 Å². The Bertz CT molecular complexity index is 633. The number of hydrogen-bond donors (Lipinski definition) is 0. The second-order valence-corrected chi connectivity index (χ2v) is 4.90. The summed E-state index contributed by atoms with van der Waals surface area (Å²) in [6.45, 7) is 4.03. The zero-order valence-electron chi connectivity index (χ0n) is 11.2. The van der Waals surface area contributed by atoms with Crippen LogP contribution < -0.4 is 4.74 Å². The van der Waals surface area contributed by atoms with Gasteiger partial charge in [-0.15, -0.1) is 0 Å². The maximum atomic E-state index is 10.8. The molecule has 0 radical (unpaired) electrons. The maximum absolute atomic E-state index is 10.8. The van der Waals surface area contributed by atoms with Crippen molar-refractivity contribution < 1.29 is 9.53 Å². The van der Waals surface area contributed by atoms with Crippen molar-refractivity contribution in [2.24, 2.45) is 0 Å². The van der Waals surface area contributed by atoms with Crippen LogP contribution in [0.2, 0.25) is 5.02 Å². The first-order chi connectivity index (χ1) is 9.06. The third-order valence-corrected chi connectivity index (χ3v) is 3.51. The number of ether oxygens (including phenoxy) is 1. The molecule has 2 rings (SSSR count). The highest BCUT2D eigenvalue weighted by molar-refractivity contribution is 6.33. The van der Waals surface area contributed by atoms with Crippen LogP contribution in [0.4, 0.5) is 0 Å². The number of aryl methyl sites for hydroxylation is 2. The van der Waals surface area contributed by atoms with Gasteiger partial charge in [-0.1, -0.05) is 17.7 Å². The van der Waals surface area contributed by atoms with E-state index in [0.29, 0.717) is 10.6 Å². The number of carbonyl (C=O) groups excluding carboxylic acids is 1. The first-order valence-electron chi connectivity index (χ1n) is 5.97. The van der Waals surface area contributed by atoms with Crippen molar-refractivity contribution in [1.82, 2.24) is 0 Å².